The number of nitrogens with zero attached hydrogens (tertiary/aromatic N) is 2. The van der Waals surface area contributed by atoms with Gasteiger partial charge in [0.25, 0.3) is 0 Å². The number of amides is 1. The lowest BCUT2D eigenvalue weighted by atomic mass is 10.1. The Hall–Kier alpha value is -2.32. The number of carbonyl (C=O) groups is 1. The van der Waals surface area contributed by atoms with E-state index >= 15 is 0 Å². The Labute approximate surface area is 140 Å². The van der Waals surface area contributed by atoms with E-state index in [-0.39, 0.29) is 17.2 Å². The molecule has 0 aliphatic heterocycles. The number of nitrogens with one attached hydrogen (secondary N) is 1. The Morgan fingerprint density at radius 1 is 1.22 bits per heavy atom. The summed E-state index contributed by atoms with van der Waals surface area (Å²) in [5.41, 5.74) is 1.99. The van der Waals surface area contributed by atoms with Crippen LogP contribution in [0.4, 0.5) is 0 Å². The summed E-state index contributed by atoms with van der Waals surface area (Å²) >= 11 is 1.28. The third-order valence-corrected chi connectivity index (χ3v) is 3.90. The zero-order valence-electron chi connectivity index (χ0n) is 13.5. The van der Waals surface area contributed by atoms with Gasteiger partial charge in [0.2, 0.25) is 5.91 Å². The van der Waals surface area contributed by atoms with Crippen molar-refractivity contribution in [2.75, 3.05) is 5.75 Å². The summed E-state index contributed by atoms with van der Waals surface area (Å²) in [5.74, 6) is 0.162. The van der Waals surface area contributed by atoms with Gasteiger partial charge < -0.3 is 5.32 Å². The average molecular weight is 325 g/mol. The second-order valence-corrected chi connectivity index (χ2v) is 7.08. The molecule has 2 aromatic rings. The Morgan fingerprint density at radius 2 is 1.91 bits per heavy atom. The number of aromatic nitrogens is 1. The fourth-order valence-corrected chi connectivity index (χ4v) is 2.77. The van der Waals surface area contributed by atoms with Gasteiger partial charge in [-0.1, -0.05) is 42.1 Å². The maximum absolute atomic E-state index is 11.9. The molecule has 0 saturated carbocycles. The van der Waals surface area contributed by atoms with Crippen LogP contribution in [-0.2, 0) is 4.79 Å². The third kappa shape index (κ3) is 5.11. The van der Waals surface area contributed by atoms with Gasteiger partial charge in [-0.3, -0.25) is 4.79 Å². The largest absolute Gasteiger partial charge is 0.351 e. The molecule has 23 heavy (non-hydrogen) atoms. The van der Waals surface area contributed by atoms with Gasteiger partial charge in [0.1, 0.15) is 11.1 Å². The van der Waals surface area contributed by atoms with E-state index in [1.807, 2.05) is 57.2 Å². The fourth-order valence-electron chi connectivity index (χ4n) is 1.99. The van der Waals surface area contributed by atoms with Crippen molar-refractivity contribution in [1.29, 1.82) is 5.26 Å². The Kier molecular flexibility index (Phi) is 5.41. The molecule has 1 aromatic carbocycles. The summed E-state index contributed by atoms with van der Waals surface area (Å²) < 4.78 is 0. The van der Waals surface area contributed by atoms with Crippen molar-refractivity contribution >= 4 is 17.7 Å². The molecule has 0 unspecified atom stereocenters. The summed E-state index contributed by atoms with van der Waals surface area (Å²) in [6, 6.07) is 15.5. The van der Waals surface area contributed by atoms with Gasteiger partial charge in [-0.05, 0) is 32.9 Å². The van der Waals surface area contributed by atoms with Crippen LogP contribution < -0.4 is 5.32 Å². The topological polar surface area (TPSA) is 65.8 Å². The van der Waals surface area contributed by atoms with Crippen LogP contribution in [0, 0.1) is 11.3 Å². The molecule has 0 saturated heterocycles. The summed E-state index contributed by atoms with van der Waals surface area (Å²) in [5, 5.41) is 12.7. The summed E-state index contributed by atoms with van der Waals surface area (Å²) in [6.45, 7) is 5.81. The van der Waals surface area contributed by atoms with Crippen LogP contribution in [0.25, 0.3) is 11.3 Å². The summed E-state index contributed by atoms with van der Waals surface area (Å²) in [6.07, 6.45) is 0. The fraction of sp³-hybridized carbons (Fsp3) is 0.278. The minimum Gasteiger partial charge on any atom is -0.351 e. The predicted molar refractivity (Wildman–Crippen MR) is 93.0 cm³/mol. The van der Waals surface area contributed by atoms with E-state index < -0.39 is 0 Å². The van der Waals surface area contributed by atoms with Crippen molar-refractivity contribution in [2.24, 2.45) is 0 Å². The van der Waals surface area contributed by atoms with E-state index in [4.69, 9.17) is 0 Å². The zero-order valence-corrected chi connectivity index (χ0v) is 14.3. The predicted octanol–water partition coefficient (Wildman–Crippen LogP) is 3.63. The smallest absolute Gasteiger partial charge is 0.230 e. The molecule has 0 aliphatic carbocycles. The van der Waals surface area contributed by atoms with Crippen LogP contribution in [-0.4, -0.2) is 22.2 Å². The van der Waals surface area contributed by atoms with Crippen LogP contribution in [0.1, 0.15) is 26.3 Å². The maximum Gasteiger partial charge on any atom is 0.230 e. The first-order valence-electron chi connectivity index (χ1n) is 7.29. The number of carbonyl (C=O) groups excluding carboxylic acids is 1. The van der Waals surface area contributed by atoms with E-state index in [0.717, 1.165) is 11.3 Å². The van der Waals surface area contributed by atoms with Crippen LogP contribution in [0.2, 0.25) is 0 Å². The molecule has 0 spiro atoms. The van der Waals surface area contributed by atoms with Gasteiger partial charge in [0.15, 0.2) is 0 Å². The lowest BCUT2D eigenvalue weighted by Crippen LogP contribution is -2.41. The van der Waals surface area contributed by atoms with Crippen molar-refractivity contribution in [2.45, 2.75) is 31.3 Å². The van der Waals surface area contributed by atoms with Gasteiger partial charge in [0, 0.05) is 11.1 Å². The molecule has 0 fully saturated rings. The van der Waals surface area contributed by atoms with Crippen LogP contribution in [0.3, 0.4) is 0 Å². The number of rotatable bonds is 4. The van der Waals surface area contributed by atoms with Gasteiger partial charge in [-0.2, -0.15) is 5.26 Å². The summed E-state index contributed by atoms with van der Waals surface area (Å²) in [4.78, 5) is 16.5. The van der Waals surface area contributed by atoms with E-state index in [9.17, 15) is 10.1 Å². The molecule has 1 amide bonds. The van der Waals surface area contributed by atoms with Crippen LogP contribution >= 0.6 is 11.8 Å². The molecule has 2 rings (SSSR count). The van der Waals surface area contributed by atoms with Gasteiger partial charge in [-0.15, -0.1) is 0 Å². The quantitative estimate of drug-likeness (QED) is 0.872. The monoisotopic (exact) mass is 325 g/mol. The number of hydrogen-bond donors (Lipinski definition) is 1. The molecular formula is C18H19N3OS. The lowest BCUT2D eigenvalue weighted by Gasteiger charge is -2.20. The number of pyridine rings is 1. The number of hydrogen-bond acceptors (Lipinski definition) is 4. The molecule has 1 aromatic heterocycles. The van der Waals surface area contributed by atoms with Gasteiger partial charge >= 0.3 is 0 Å². The average Bonchev–Trinajstić information content (AvgIpc) is 2.52. The lowest BCUT2D eigenvalue weighted by molar-refractivity contribution is -0.119. The summed E-state index contributed by atoms with van der Waals surface area (Å²) in [7, 11) is 0. The Balaban J connectivity index is 2.17. The van der Waals surface area contributed by atoms with Crippen molar-refractivity contribution < 1.29 is 4.79 Å². The van der Waals surface area contributed by atoms with E-state index in [1.54, 1.807) is 6.07 Å². The highest BCUT2D eigenvalue weighted by molar-refractivity contribution is 8.00. The molecule has 0 aliphatic rings. The van der Waals surface area contributed by atoms with Crippen LogP contribution in [0.5, 0.6) is 0 Å². The molecule has 0 bridgehead atoms. The molecule has 118 valence electrons. The zero-order chi connectivity index (χ0) is 16.9. The molecule has 0 atom stereocenters. The Bertz CT molecular complexity index is 730. The van der Waals surface area contributed by atoms with Crippen molar-refractivity contribution in [3.63, 3.8) is 0 Å². The first kappa shape index (κ1) is 17.0. The van der Waals surface area contributed by atoms with Crippen molar-refractivity contribution in [3.05, 3.63) is 48.0 Å². The van der Waals surface area contributed by atoms with Crippen molar-refractivity contribution in [3.8, 4) is 17.3 Å². The molecular weight excluding hydrogens is 306 g/mol. The molecule has 4 nitrogen and oxygen atoms in total. The van der Waals surface area contributed by atoms with Gasteiger partial charge in [-0.25, -0.2) is 4.98 Å². The number of nitriles is 1. The second-order valence-electron chi connectivity index (χ2n) is 6.11. The van der Waals surface area contributed by atoms with Crippen LogP contribution in [0.15, 0.2) is 47.5 Å². The normalized spacial score (nSPS) is 10.9. The second kappa shape index (κ2) is 7.30. The maximum atomic E-state index is 11.9. The molecule has 1 N–H and O–H groups in total. The standard InChI is InChI=1S/C18H19N3OS/c1-18(2,3)21-16(22)12-23-17-14(11-19)9-10-15(20-17)13-7-5-4-6-8-13/h4-10H,12H2,1-3H3,(H,21,22). The van der Waals surface area contributed by atoms with Crippen molar-refractivity contribution in [1.82, 2.24) is 10.3 Å². The highest BCUT2D eigenvalue weighted by atomic mass is 32.2. The highest BCUT2D eigenvalue weighted by Gasteiger charge is 2.15. The highest BCUT2D eigenvalue weighted by Crippen LogP contribution is 2.25. The molecule has 0 radical (unpaired) electrons. The minimum absolute atomic E-state index is 0.0710. The van der Waals surface area contributed by atoms with Gasteiger partial charge in [0.05, 0.1) is 17.0 Å². The first-order valence-corrected chi connectivity index (χ1v) is 8.28. The number of thioether (sulfide) groups is 1. The minimum atomic E-state index is -0.269. The molecule has 5 heteroatoms. The Morgan fingerprint density at radius 3 is 2.52 bits per heavy atom. The van der Waals surface area contributed by atoms with E-state index in [0.29, 0.717) is 10.6 Å². The number of benzene rings is 1. The third-order valence-electron chi connectivity index (χ3n) is 2.90. The van der Waals surface area contributed by atoms with E-state index in [1.165, 1.54) is 11.8 Å². The SMILES string of the molecule is CC(C)(C)NC(=O)CSc1nc(-c2ccccc2)ccc1C#N. The first-order chi connectivity index (χ1) is 10.9. The molecule has 1 heterocycles. The van der Waals surface area contributed by atoms with E-state index in [2.05, 4.69) is 16.4 Å².